The van der Waals surface area contributed by atoms with Gasteiger partial charge in [-0.25, -0.2) is 4.39 Å². The molecule has 0 saturated heterocycles. The first-order valence-electron chi connectivity index (χ1n) is 5.75. The first kappa shape index (κ1) is 13.0. The Balaban J connectivity index is 2.93. The predicted molar refractivity (Wildman–Crippen MR) is 65.2 cm³/mol. The zero-order chi connectivity index (χ0) is 12.1. The standard InChI is InChI=1S/C13H20FNO/c1-4-5-8-15(3)13-7-6-11(14)9-12(13)10(2)16/h6-7,9-10,16H,4-5,8H2,1-3H3/t10-/m1/s1. The fraction of sp³-hybridized carbons (Fsp3) is 0.538. The quantitative estimate of drug-likeness (QED) is 0.832. The van der Waals surface area contributed by atoms with Crippen molar-refractivity contribution in [3.8, 4) is 0 Å². The maximum atomic E-state index is 13.1. The van der Waals surface area contributed by atoms with E-state index in [4.69, 9.17) is 0 Å². The molecule has 0 fully saturated rings. The second-order valence-electron chi connectivity index (χ2n) is 4.15. The van der Waals surface area contributed by atoms with E-state index in [1.165, 1.54) is 12.1 Å². The van der Waals surface area contributed by atoms with Gasteiger partial charge in [-0.2, -0.15) is 0 Å². The van der Waals surface area contributed by atoms with Crippen LogP contribution < -0.4 is 4.90 Å². The fourth-order valence-electron chi connectivity index (χ4n) is 1.72. The number of anilines is 1. The van der Waals surface area contributed by atoms with Crippen molar-refractivity contribution in [2.75, 3.05) is 18.5 Å². The topological polar surface area (TPSA) is 23.5 Å². The molecular formula is C13H20FNO. The highest BCUT2D eigenvalue weighted by Gasteiger charge is 2.12. The predicted octanol–water partition coefficient (Wildman–Crippen LogP) is 3.12. The first-order chi connectivity index (χ1) is 7.56. The van der Waals surface area contributed by atoms with Gasteiger partial charge in [0.2, 0.25) is 0 Å². The van der Waals surface area contributed by atoms with E-state index in [1.54, 1.807) is 13.0 Å². The minimum Gasteiger partial charge on any atom is -0.389 e. The maximum Gasteiger partial charge on any atom is 0.123 e. The monoisotopic (exact) mass is 225 g/mol. The van der Waals surface area contributed by atoms with Crippen LogP contribution in [0.5, 0.6) is 0 Å². The summed E-state index contributed by atoms with van der Waals surface area (Å²) in [7, 11) is 1.97. The largest absolute Gasteiger partial charge is 0.389 e. The van der Waals surface area contributed by atoms with Crippen molar-refractivity contribution >= 4 is 5.69 Å². The Morgan fingerprint density at radius 1 is 1.44 bits per heavy atom. The van der Waals surface area contributed by atoms with Gasteiger partial charge in [-0.15, -0.1) is 0 Å². The normalized spacial score (nSPS) is 12.6. The number of unbranched alkanes of at least 4 members (excludes halogenated alkanes) is 1. The SMILES string of the molecule is CCCCN(C)c1ccc(F)cc1[C@@H](C)O. The van der Waals surface area contributed by atoms with Crippen LogP contribution in [0.15, 0.2) is 18.2 Å². The van der Waals surface area contributed by atoms with Crippen molar-refractivity contribution in [1.29, 1.82) is 0 Å². The third-order valence-electron chi connectivity index (χ3n) is 2.70. The van der Waals surface area contributed by atoms with Crippen LogP contribution in [-0.4, -0.2) is 18.7 Å². The highest BCUT2D eigenvalue weighted by atomic mass is 19.1. The minimum absolute atomic E-state index is 0.302. The van der Waals surface area contributed by atoms with E-state index in [0.717, 1.165) is 25.1 Å². The number of rotatable bonds is 5. The van der Waals surface area contributed by atoms with Crippen LogP contribution in [0.3, 0.4) is 0 Å². The van der Waals surface area contributed by atoms with Gasteiger partial charge in [-0.05, 0) is 31.5 Å². The van der Waals surface area contributed by atoms with Crippen LogP contribution in [0.25, 0.3) is 0 Å². The highest BCUT2D eigenvalue weighted by molar-refractivity contribution is 5.54. The van der Waals surface area contributed by atoms with Crippen molar-refractivity contribution in [2.45, 2.75) is 32.8 Å². The Bertz CT molecular complexity index is 339. The van der Waals surface area contributed by atoms with E-state index in [0.29, 0.717) is 5.56 Å². The first-order valence-corrected chi connectivity index (χ1v) is 5.75. The minimum atomic E-state index is -0.644. The van der Waals surface area contributed by atoms with Crippen molar-refractivity contribution in [2.24, 2.45) is 0 Å². The molecule has 0 bridgehead atoms. The molecule has 0 aliphatic heterocycles. The fourth-order valence-corrected chi connectivity index (χ4v) is 1.72. The lowest BCUT2D eigenvalue weighted by atomic mass is 10.1. The molecule has 0 aliphatic rings. The van der Waals surface area contributed by atoms with Gasteiger partial charge in [0.25, 0.3) is 0 Å². The van der Waals surface area contributed by atoms with Crippen molar-refractivity contribution in [1.82, 2.24) is 0 Å². The second kappa shape index (κ2) is 5.85. The highest BCUT2D eigenvalue weighted by Crippen LogP contribution is 2.26. The lowest BCUT2D eigenvalue weighted by Crippen LogP contribution is -2.20. The number of nitrogens with zero attached hydrogens (tertiary/aromatic N) is 1. The summed E-state index contributed by atoms with van der Waals surface area (Å²) < 4.78 is 13.1. The Hall–Kier alpha value is -1.09. The molecule has 0 radical (unpaired) electrons. The summed E-state index contributed by atoms with van der Waals surface area (Å²) in [5, 5.41) is 9.61. The summed E-state index contributed by atoms with van der Waals surface area (Å²) in [6, 6.07) is 4.57. The molecule has 1 N–H and O–H groups in total. The van der Waals surface area contributed by atoms with Gasteiger partial charge in [-0.1, -0.05) is 13.3 Å². The lowest BCUT2D eigenvalue weighted by molar-refractivity contribution is 0.199. The zero-order valence-electron chi connectivity index (χ0n) is 10.2. The van der Waals surface area contributed by atoms with Crippen molar-refractivity contribution < 1.29 is 9.50 Å². The Morgan fingerprint density at radius 2 is 2.12 bits per heavy atom. The molecule has 2 nitrogen and oxygen atoms in total. The van der Waals surface area contributed by atoms with Gasteiger partial charge in [0.15, 0.2) is 0 Å². The van der Waals surface area contributed by atoms with E-state index in [9.17, 15) is 9.50 Å². The third-order valence-corrected chi connectivity index (χ3v) is 2.70. The van der Waals surface area contributed by atoms with Crippen LogP contribution in [0.1, 0.15) is 38.4 Å². The molecule has 1 aromatic carbocycles. The van der Waals surface area contributed by atoms with E-state index in [1.807, 2.05) is 7.05 Å². The summed E-state index contributed by atoms with van der Waals surface area (Å²) in [6.45, 7) is 4.71. The van der Waals surface area contributed by atoms with Gasteiger partial charge in [-0.3, -0.25) is 0 Å². The smallest absolute Gasteiger partial charge is 0.123 e. The van der Waals surface area contributed by atoms with Gasteiger partial charge < -0.3 is 10.0 Å². The number of benzene rings is 1. The van der Waals surface area contributed by atoms with E-state index < -0.39 is 6.10 Å². The van der Waals surface area contributed by atoms with Crippen molar-refractivity contribution in [3.63, 3.8) is 0 Å². The van der Waals surface area contributed by atoms with Gasteiger partial charge >= 0.3 is 0 Å². The van der Waals surface area contributed by atoms with Crippen LogP contribution >= 0.6 is 0 Å². The Labute approximate surface area is 96.7 Å². The maximum absolute atomic E-state index is 13.1. The molecule has 1 atom stereocenters. The molecule has 0 unspecified atom stereocenters. The van der Waals surface area contributed by atoms with Gasteiger partial charge in [0, 0.05) is 24.8 Å². The molecule has 0 aromatic heterocycles. The van der Waals surface area contributed by atoms with Crippen LogP contribution in [0, 0.1) is 5.82 Å². The Morgan fingerprint density at radius 3 is 2.69 bits per heavy atom. The molecule has 1 rings (SSSR count). The second-order valence-corrected chi connectivity index (χ2v) is 4.15. The summed E-state index contributed by atoms with van der Waals surface area (Å²) in [6.07, 6.45) is 1.57. The van der Waals surface area contributed by atoms with Gasteiger partial charge in [0.05, 0.1) is 6.10 Å². The molecule has 0 aliphatic carbocycles. The summed E-state index contributed by atoms with van der Waals surface area (Å²) in [5.74, 6) is -0.302. The molecule has 1 aromatic rings. The van der Waals surface area contributed by atoms with E-state index in [-0.39, 0.29) is 5.82 Å². The van der Waals surface area contributed by atoms with E-state index >= 15 is 0 Å². The van der Waals surface area contributed by atoms with E-state index in [2.05, 4.69) is 11.8 Å². The molecule has 90 valence electrons. The molecular weight excluding hydrogens is 205 g/mol. The lowest BCUT2D eigenvalue weighted by Gasteiger charge is -2.23. The molecule has 0 saturated carbocycles. The Kier molecular flexibility index (Phi) is 4.74. The number of hydrogen-bond acceptors (Lipinski definition) is 2. The van der Waals surface area contributed by atoms with Gasteiger partial charge in [0.1, 0.15) is 5.82 Å². The molecule has 0 spiro atoms. The van der Waals surface area contributed by atoms with Crippen LogP contribution in [0.4, 0.5) is 10.1 Å². The average Bonchev–Trinajstić information content (AvgIpc) is 2.25. The summed E-state index contributed by atoms with van der Waals surface area (Å²) in [5.41, 5.74) is 1.56. The summed E-state index contributed by atoms with van der Waals surface area (Å²) >= 11 is 0. The molecule has 3 heteroatoms. The number of aliphatic hydroxyl groups is 1. The molecule has 0 amide bonds. The third kappa shape index (κ3) is 3.20. The van der Waals surface area contributed by atoms with Crippen molar-refractivity contribution in [3.05, 3.63) is 29.6 Å². The number of aliphatic hydroxyl groups excluding tert-OH is 1. The molecule has 16 heavy (non-hydrogen) atoms. The average molecular weight is 225 g/mol. The number of halogens is 1. The number of hydrogen-bond donors (Lipinski definition) is 1. The summed E-state index contributed by atoms with van der Waals surface area (Å²) in [4.78, 5) is 2.06. The van der Waals surface area contributed by atoms with Crippen LogP contribution in [0.2, 0.25) is 0 Å². The van der Waals surface area contributed by atoms with Crippen LogP contribution in [-0.2, 0) is 0 Å². The molecule has 0 heterocycles. The zero-order valence-corrected chi connectivity index (χ0v) is 10.2.